The summed E-state index contributed by atoms with van der Waals surface area (Å²) in [7, 11) is 2.26. The monoisotopic (exact) mass is 226 g/mol. The predicted octanol–water partition coefficient (Wildman–Crippen LogP) is 2.89. The van der Waals surface area contributed by atoms with Gasteiger partial charge in [0, 0.05) is 19.1 Å². The van der Waals surface area contributed by atoms with Crippen LogP contribution in [0.2, 0.25) is 0 Å². The van der Waals surface area contributed by atoms with Gasteiger partial charge in [-0.15, -0.1) is 0 Å². The van der Waals surface area contributed by atoms with Gasteiger partial charge in [0.05, 0.1) is 0 Å². The van der Waals surface area contributed by atoms with Gasteiger partial charge in [-0.3, -0.25) is 0 Å². The van der Waals surface area contributed by atoms with Gasteiger partial charge in [0.2, 0.25) is 0 Å². The van der Waals surface area contributed by atoms with Crippen molar-refractivity contribution in [1.29, 1.82) is 0 Å². The number of nitrogens with one attached hydrogen (secondary N) is 1. The van der Waals surface area contributed by atoms with Crippen LogP contribution < -0.4 is 5.32 Å². The largest absolute Gasteiger partial charge is 0.313 e. The van der Waals surface area contributed by atoms with Gasteiger partial charge in [0.1, 0.15) is 0 Å². The topological polar surface area (TPSA) is 15.3 Å². The quantitative estimate of drug-likeness (QED) is 0.650. The van der Waals surface area contributed by atoms with Crippen molar-refractivity contribution in [3.63, 3.8) is 0 Å². The van der Waals surface area contributed by atoms with Crippen molar-refractivity contribution in [3.05, 3.63) is 0 Å². The summed E-state index contributed by atoms with van der Waals surface area (Å²) < 4.78 is 0. The first-order valence-electron chi connectivity index (χ1n) is 7.01. The van der Waals surface area contributed by atoms with E-state index in [2.05, 4.69) is 38.0 Å². The zero-order valence-corrected chi connectivity index (χ0v) is 11.7. The van der Waals surface area contributed by atoms with Crippen LogP contribution in [0.4, 0.5) is 0 Å². The van der Waals surface area contributed by atoms with Crippen LogP contribution in [0.15, 0.2) is 0 Å². The van der Waals surface area contributed by atoms with E-state index in [1.54, 1.807) is 0 Å². The lowest BCUT2D eigenvalue weighted by Crippen LogP contribution is -2.41. The molecule has 0 aromatic rings. The molecule has 0 spiro atoms. The molecule has 1 atom stereocenters. The summed E-state index contributed by atoms with van der Waals surface area (Å²) in [4.78, 5) is 2.49. The summed E-state index contributed by atoms with van der Waals surface area (Å²) in [5.74, 6) is 0. The Bertz CT molecular complexity index is 189. The highest BCUT2D eigenvalue weighted by atomic mass is 15.1. The zero-order chi connectivity index (χ0) is 12.0. The third-order valence-corrected chi connectivity index (χ3v) is 3.51. The Balaban J connectivity index is 2.34. The smallest absolute Gasteiger partial charge is 0.00684 e. The molecule has 1 N–H and O–H groups in total. The molecule has 1 unspecified atom stereocenters. The van der Waals surface area contributed by atoms with Crippen LogP contribution in [0.3, 0.4) is 0 Å². The maximum absolute atomic E-state index is 3.70. The fourth-order valence-corrected chi connectivity index (χ4v) is 2.62. The maximum Gasteiger partial charge on any atom is 0.00684 e. The Morgan fingerprint density at radius 3 is 2.44 bits per heavy atom. The van der Waals surface area contributed by atoms with E-state index in [1.807, 2.05) is 0 Å². The van der Waals surface area contributed by atoms with E-state index in [-0.39, 0.29) is 0 Å². The summed E-state index contributed by atoms with van der Waals surface area (Å²) in [6.07, 6.45) is 6.68. The molecule has 2 nitrogen and oxygen atoms in total. The number of hydrogen-bond acceptors (Lipinski definition) is 2. The van der Waals surface area contributed by atoms with Gasteiger partial charge < -0.3 is 10.2 Å². The SMILES string of the molecule is CCCN(C)CC(C)(CCC)CNC1CC1. The van der Waals surface area contributed by atoms with E-state index >= 15 is 0 Å². The van der Waals surface area contributed by atoms with Crippen LogP contribution in [0.25, 0.3) is 0 Å². The average Bonchev–Trinajstić information content (AvgIpc) is 2.98. The van der Waals surface area contributed by atoms with Gasteiger partial charge in [0.15, 0.2) is 0 Å². The van der Waals surface area contributed by atoms with Crippen LogP contribution in [-0.4, -0.2) is 37.6 Å². The van der Waals surface area contributed by atoms with Gasteiger partial charge >= 0.3 is 0 Å². The lowest BCUT2D eigenvalue weighted by molar-refractivity contribution is 0.173. The highest BCUT2D eigenvalue weighted by molar-refractivity contribution is 4.86. The molecule has 1 aliphatic rings. The predicted molar refractivity (Wildman–Crippen MR) is 71.8 cm³/mol. The highest BCUT2D eigenvalue weighted by Crippen LogP contribution is 2.26. The van der Waals surface area contributed by atoms with Crippen molar-refractivity contribution in [1.82, 2.24) is 10.2 Å². The Morgan fingerprint density at radius 1 is 1.25 bits per heavy atom. The number of nitrogens with zero attached hydrogens (tertiary/aromatic N) is 1. The van der Waals surface area contributed by atoms with Gasteiger partial charge in [-0.25, -0.2) is 0 Å². The van der Waals surface area contributed by atoms with E-state index in [0.29, 0.717) is 5.41 Å². The molecule has 16 heavy (non-hydrogen) atoms. The third-order valence-electron chi connectivity index (χ3n) is 3.51. The molecule has 0 aliphatic heterocycles. The second kappa shape index (κ2) is 6.61. The van der Waals surface area contributed by atoms with Crippen LogP contribution in [-0.2, 0) is 0 Å². The summed E-state index contributed by atoms with van der Waals surface area (Å²) in [5, 5.41) is 3.70. The summed E-state index contributed by atoms with van der Waals surface area (Å²) in [6.45, 7) is 10.7. The molecule has 0 aromatic carbocycles. The van der Waals surface area contributed by atoms with E-state index in [4.69, 9.17) is 0 Å². The van der Waals surface area contributed by atoms with Gasteiger partial charge in [-0.2, -0.15) is 0 Å². The molecule has 0 aromatic heterocycles. The van der Waals surface area contributed by atoms with Crippen molar-refractivity contribution in [2.45, 2.75) is 58.9 Å². The molecule has 0 saturated heterocycles. The van der Waals surface area contributed by atoms with Gasteiger partial charge in [-0.05, 0) is 44.7 Å². The number of rotatable bonds is 9. The first kappa shape index (κ1) is 14.0. The maximum atomic E-state index is 3.70. The fourth-order valence-electron chi connectivity index (χ4n) is 2.62. The summed E-state index contributed by atoms with van der Waals surface area (Å²) >= 11 is 0. The second-order valence-corrected chi connectivity index (χ2v) is 5.95. The van der Waals surface area contributed by atoms with Crippen LogP contribution in [0.1, 0.15) is 52.9 Å². The van der Waals surface area contributed by atoms with Crippen LogP contribution in [0.5, 0.6) is 0 Å². The summed E-state index contributed by atoms with van der Waals surface area (Å²) in [6, 6.07) is 0.840. The molecular weight excluding hydrogens is 196 g/mol. The van der Waals surface area contributed by atoms with Crippen molar-refractivity contribution >= 4 is 0 Å². The molecule has 0 bridgehead atoms. The van der Waals surface area contributed by atoms with Crippen molar-refractivity contribution in [2.24, 2.45) is 5.41 Å². The first-order chi connectivity index (χ1) is 7.59. The molecule has 0 radical (unpaired) electrons. The standard InChI is InChI=1S/C14H30N2/c1-5-9-14(3,11-15-13-7-8-13)12-16(4)10-6-2/h13,15H,5-12H2,1-4H3. The van der Waals surface area contributed by atoms with Crippen molar-refractivity contribution in [3.8, 4) is 0 Å². The average molecular weight is 226 g/mol. The van der Waals surface area contributed by atoms with E-state index in [1.165, 1.54) is 51.7 Å². The summed E-state index contributed by atoms with van der Waals surface area (Å²) in [5.41, 5.74) is 0.460. The van der Waals surface area contributed by atoms with Gasteiger partial charge in [0.25, 0.3) is 0 Å². The van der Waals surface area contributed by atoms with Crippen LogP contribution in [0, 0.1) is 5.41 Å². The molecule has 0 heterocycles. The van der Waals surface area contributed by atoms with Crippen molar-refractivity contribution in [2.75, 3.05) is 26.7 Å². The fraction of sp³-hybridized carbons (Fsp3) is 1.00. The Morgan fingerprint density at radius 2 is 1.94 bits per heavy atom. The molecule has 1 rings (SSSR count). The Kier molecular flexibility index (Phi) is 5.77. The minimum Gasteiger partial charge on any atom is -0.313 e. The molecule has 2 heteroatoms. The van der Waals surface area contributed by atoms with Crippen LogP contribution >= 0.6 is 0 Å². The highest BCUT2D eigenvalue weighted by Gasteiger charge is 2.28. The Labute approximate surface area is 102 Å². The van der Waals surface area contributed by atoms with Crippen molar-refractivity contribution < 1.29 is 0 Å². The third kappa shape index (κ3) is 5.31. The molecule has 0 amide bonds. The van der Waals surface area contributed by atoms with E-state index < -0.39 is 0 Å². The minimum atomic E-state index is 0.460. The lowest BCUT2D eigenvalue weighted by atomic mass is 9.84. The van der Waals surface area contributed by atoms with E-state index in [0.717, 1.165) is 6.04 Å². The molecule has 96 valence electrons. The second-order valence-electron chi connectivity index (χ2n) is 5.95. The first-order valence-corrected chi connectivity index (χ1v) is 7.01. The molecular formula is C14H30N2. The normalized spacial score (nSPS) is 20.1. The van der Waals surface area contributed by atoms with Gasteiger partial charge in [-0.1, -0.05) is 27.2 Å². The Hall–Kier alpha value is -0.0800. The number of hydrogen-bond donors (Lipinski definition) is 1. The zero-order valence-electron chi connectivity index (χ0n) is 11.7. The molecule has 1 saturated carbocycles. The van der Waals surface area contributed by atoms with E-state index in [9.17, 15) is 0 Å². The molecule has 1 fully saturated rings. The minimum absolute atomic E-state index is 0.460. The molecule has 1 aliphatic carbocycles. The lowest BCUT2D eigenvalue weighted by Gasteiger charge is -2.34.